The molecule has 0 atom stereocenters. The van der Waals surface area contributed by atoms with Gasteiger partial charge in [-0.3, -0.25) is 0 Å². The van der Waals surface area contributed by atoms with Crippen LogP contribution in [0.2, 0.25) is 89.6 Å². The molecule has 0 rings (SSSR count). The molecular weight excluding hydrogens is 473 g/mol. The first kappa shape index (κ1) is 31.8. The van der Waals surface area contributed by atoms with Crippen molar-refractivity contribution in [1.29, 1.82) is 0 Å². The molecule has 0 aliphatic carbocycles. The lowest BCUT2D eigenvalue weighted by atomic mass is 10.5. The van der Waals surface area contributed by atoms with Crippen molar-refractivity contribution < 1.29 is 17.1 Å². The van der Waals surface area contributed by atoms with Crippen molar-refractivity contribution in [3.8, 4) is 0 Å². The summed E-state index contributed by atoms with van der Waals surface area (Å²) in [6.07, 6.45) is 2.11. The summed E-state index contributed by atoms with van der Waals surface area (Å²) < 4.78 is 26.0. The van der Waals surface area contributed by atoms with E-state index in [2.05, 4.69) is 65.5 Å². The molecule has 6 nitrogen and oxygen atoms in total. The first-order valence-corrected chi connectivity index (χ1v) is 27.3. The monoisotopic (exact) mass is 526 g/mol. The maximum absolute atomic E-state index is 6.72. The van der Waals surface area contributed by atoms with Crippen LogP contribution in [0.4, 0.5) is 0 Å². The third kappa shape index (κ3) is 17.0. The molecule has 0 aromatic rings. The van der Waals surface area contributed by atoms with Gasteiger partial charge in [-0.05, 0) is 116 Å². The third-order valence-corrected chi connectivity index (χ3v) is 21.7. The maximum atomic E-state index is 6.72. The molecule has 0 saturated carbocycles. The zero-order chi connectivity index (χ0) is 24.4. The molecule has 0 radical (unpaired) electrons. The van der Waals surface area contributed by atoms with E-state index in [1.165, 1.54) is 0 Å². The molecule has 0 heterocycles. The lowest BCUT2D eigenvalue weighted by Crippen LogP contribution is -2.53. The van der Waals surface area contributed by atoms with E-state index in [0.717, 1.165) is 63.3 Å². The van der Waals surface area contributed by atoms with E-state index in [1.807, 2.05) is 0 Å². The molecule has 0 amide bonds. The molecule has 0 spiro atoms. The second-order valence-corrected chi connectivity index (χ2v) is 32.7. The summed E-state index contributed by atoms with van der Waals surface area (Å²) >= 11 is 0. The SMILES string of the molecule is C[Si](C)(CCCN)OCC[Si](C)(C)O[Si](C)(C)O[Si](C)(C)CCO[Si](C)(C)CCCN. The predicted molar refractivity (Wildman–Crippen MR) is 148 cm³/mol. The zero-order valence-corrected chi connectivity index (χ0v) is 27.4. The molecule has 4 N–H and O–H groups in total. The van der Waals surface area contributed by atoms with Gasteiger partial charge in [0.15, 0.2) is 33.3 Å². The summed E-state index contributed by atoms with van der Waals surface area (Å²) in [4.78, 5) is 0. The Morgan fingerprint density at radius 3 is 1.10 bits per heavy atom. The van der Waals surface area contributed by atoms with Crippen LogP contribution in [0.5, 0.6) is 0 Å². The summed E-state index contributed by atoms with van der Waals surface area (Å²) in [5.41, 5.74) is 11.3. The molecule has 0 fully saturated rings. The van der Waals surface area contributed by atoms with Crippen molar-refractivity contribution in [3.63, 3.8) is 0 Å². The van der Waals surface area contributed by atoms with Gasteiger partial charge in [0.1, 0.15) is 0 Å². The second-order valence-electron chi connectivity index (χ2n) is 11.6. The molecular formula is C20H54N2O4Si5. The van der Waals surface area contributed by atoms with Crippen molar-refractivity contribution in [3.05, 3.63) is 0 Å². The van der Waals surface area contributed by atoms with Gasteiger partial charge in [0.05, 0.1) is 0 Å². The summed E-state index contributed by atoms with van der Waals surface area (Å²) in [6, 6.07) is 4.28. The van der Waals surface area contributed by atoms with Gasteiger partial charge in [-0.1, -0.05) is 0 Å². The molecule has 0 aliphatic heterocycles. The topological polar surface area (TPSA) is 89.0 Å². The summed E-state index contributed by atoms with van der Waals surface area (Å²) in [5.74, 6) is 0. The Bertz CT molecular complexity index is 464. The van der Waals surface area contributed by atoms with Crippen molar-refractivity contribution in [2.75, 3.05) is 26.3 Å². The van der Waals surface area contributed by atoms with Crippen molar-refractivity contribution in [2.45, 2.75) is 102 Å². The quantitative estimate of drug-likeness (QED) is 0.236. The molecule has 11 heteroatoms. The molecule has 0 aromatic heterocycles. The number of hydrogen-bond donors (Lipinski definition) is 2. The largest absolute Gasteiger partial charge is 0.436 e. The minimum Gasteiger partial charge on any atom is -0.436 e. The fourth-order valence-corrected chi connectivity index (χ4v) is 21.1. The summed E-state index contributed by atoms with van der Waals surface area (Å²) in [6.45, 7) is 25.8. The van der Waals surface area contributed by atoms with E-state index in [-0.39, 0.29) is 0 Å². The Hall–Kier alpha value is 0.844. The van der Waals surface area contributed by atoms with E-state index in [9.17, 15) is 0 Å². The lowest BCUT2D eigenvalue weighted by molar-refractivity contribution is 0.310. The van der Waals surface area contributed by atoms with E-state index in [1.54, 1.807) is 0 Å². The van der Waals surface area contributed by atoms with Crippen LogP contribution in [-0.4, -0.2) is 68.1 Å². The fraction of sp³-hybridized carbons (Fsp3) is 1.00. The normalized spacial score (nSPS) is 14.3. The van der Waals surface area contributed by atoms with Crippen LogP contribution in [0.15, 0.2) is 0 Å². The highest BCUT2D eigenvalue weighted by Gasteiger charge is 2.40. The molecule has 0 saturated heterocycles. The van der Waals surface area contributed by atoms with Crippen molar-refractivity contribution >= 4 is 41.8 Å². The van der Waals surface area contributed by atoms with Gasteiger partial charge in [-0.2, -0.15) is 0 Å². The third-order valence-electron chi connectivity index (χ3n) is 5.40. The van der Waals surface area contributed by atoms with Crippen LogP contribution in [-0.2, 0) is 17.1 Å². The Morgan fingerprint density at radius 2 is 0.806 bits per heavy atom. The van der Waals surface area contributed by atoms with Gasteiger partial charge < -0.3 is 28.5 Å². The van der Waals surface area contributed by atoms with Gasteiger partial charge in [-0.25, -0.2) is 0 Å². The van der Waals surface area contributed by atoms with Gasteiger partial charge in [0, 0.05) is 13.2 Å². The van der Waals surface area contributed by atoms with E-state index in [0.29, 0.717) is 0 Å². The molecule has 188 valence electrons. The molecule has 0 bridgehead atoms. The smallest absolute Gasteiger partial charge is 0.311 e. The lowest BCUT2D eigenvalue weighted by Gasteiger charge is -2.39. The minimum absolute atomic E-state index is 0.748. The van der Waals surface area contributed by atoms with Crippen LogP contribution in [0.25, 0.3) is 0 Å². The second kappa shape index (κ2) is 13.7. The Labute approximate surface area is 198 Å². The number of rotatable bonds is 18. The van der Waals surface area contributed by atoms with E-state index in [4.69, 9.17) is 28.5 Å². The molecule has 0 aliphatic rings. The number of hydrogen-bond acceptors (Lipinski definition) is 6. The average molecular weight is 527 g/mol. The highest BCUT2D eigenvalue weighted by atomic mass is 28.5. The minimum atomic E-state index is -2.21. The van der Waals surface area contributed by atoms with Crippen molar-refractivity contribution in [1.82, 2.24) is 0 Å². The van der Waals surface area contributed by atoms with Gasteiger partial charge in [0.2, 0.25) is 0 Å². The molecule has 0 unspecified atom stereocenters. The summed E-state index contributed by atoms with van der Waals surface area (Å²) in [7, 11) is -9.11. The Morgan fingerprint density at radius 1 is 0.484 bits per heavy atom. The van der Waals surface area contributed by atoms with Crippen LogP contribution in [0.3, 0.4) is 0 Å². The van der Waals surface area contributed by atoms with Crippen LogP contribution in [0, 0.1) is 0 Å². The fourth-order valence-electron chi connectivity index (χ4n) is 3.80. The van der Waals surface area contributed by atoms with Crippen molar-refractivity contribution in [2.24, 2.45) is 11.5 Å². The first-order chi connectivity index (χ1) is 13.9. The average Bonchev–Trinajstić information content (AvgIpc) is 2.55. The van der Waals surface area contributed by atoms with Crippen LogP contribution < -0.4 is 11.5 Å². The van der Waals surface area contributed by atoms with Gasteiger partial charge in [0.25, 0.3) is 0 Å². The first-order valence-electron chi connectivity index (χ1n) is 12.0. The highest BCUT2D eigenvalue weighted by Crippen LogP contribution is 2.26. The Kier molecular flexibility index (Phi) is 14.0. The van der Waals surface area contributed by atoms with E-state index < -0.39 is 41.8 Å². The van der Waals surface area contributed by atoms with Crippen LogP contribution >= 0.6 is 0 Å². The Balaban J connectivity index is 4.57. The van der Waals surface area contributed by atoms with Crippen LogP contribution in [0.1, 0.15) is 12.8 Å². The van der Waals surface area contributed by atoms with Gasteiger partial charge >= 0.3 is 8.56 Å². The van der Waals surface area contributed by atoms with Gasteiger partial charge in [-0.15, -0.1) is 0 Å². The summed E-state index contributed by atoms with van der Waals surface area (Å²) in [5, 5.41) is 0. The standard InChI is InChI=1S/C20H54N2O4Si5/c1-27(2,17-11-13-21)23-15-19-29(5,6)25-31(9,10)26-30(7,8)20-16-24-28(3,4)18-12-14-22/h11-22H2,1-10H3. The number of nitrogens with two attached hydrogens (primary N) is 2. The maximum Gasteiger partial charge on any atom is 0.311 e. The molecule has 31 heavy (non-hydrogen) atoms. The van der Waals surface area contributed by atoms with E-state index >= 15 is 0 Å². The highest BCUT2D eigenvalue weighted by molar-refractivity contribution is 6.88. The molecule has 0 aromatic carbocycles. The predicted octanol–water partition coefficient (Wildman–Crippen LogP) is 5.27. The zero-order valence-electron chi connectivity index (χ0n) is 22.4.